The summed E-state index contributed by atoms with van der Waals surface area (Å²) in [6.07, 6.45) is 5.54. The summed E-state index contributed by atoms with van der Waals surface area (Å²) in [6, 6.07) is 8.62. The Hall–Kier alpha value is -2.14. The van der Waals surface area contributed by atoms with Crippen molar-refractivity contribution < 1.29 is 9.53 Å². The number of aromatic nitrogens is 2. The molecule has 174 valence electrons. The number of aliphatic imine (C=N–C) groups is 1. The summed E-state index contributed by atoms with van der Waals surface area (Å²) in [7, 11) is 3.64. The highest BCUT2D eigenvalue weighted by atomic mass is 127. The van der Waals surface area contributed by atoms with Crippen LogP contribution >= 0.6 is 24.0 Å². The van der Waals surface area contributed by atoms with Gasteiger partial charge in [-0.3, -0.25) is 14.5 Å². The molecule has 8 nitrogen and oxygen atoms in total. The van der Waals surface area contributed by atoms with Crippen LogP contribution in [0.3, 0.4) is 0 Å². The molecular weight excluding hydrogens is 519 g/mol. The maximum absolute atomic E-state index is 12.8. The average Bonchev–Trinajstić information content (AvgIpc) is 3.21. The Morgan fingerprint density at radius 3 is 2.62 bits per heavy atom. The first kappa shape index (κ1) is 24.5. The van der Waals surface area contributed by atoms with E-state index in [4.69, 9.17) is 4.74 Å². The normalized spacial score (nSPS) is 19.0. The molecule has 0 aliphatic carbocycles. The van der Waals surface area contributed by atoms with Crippen molar-refractivity contribution in [1.82, 2.24) is 20.0 Å². The molecule has 0 radical (unpaired) electrons. The smallest absolute Gasteiger partial charge is 0.246 e. The number of carbonyl (C=O) groups excluding carboxylic acids is 1. The predicted molar refractivity (Wildman–Crippen MR) is 137 cm³/mol. The van der Waals surface area contributed by atoms with E-state index in [1.165, 1.54) is 11.1 Å². The number of hydrogen-bond acceptors (Lipinski definition) is 4. The molecule has 0 unspecified atom stereocenters. The van der Waals surface area contributed by atoms with E-state index in [1.807, 2.05) is 18.1 Å². The summed E-state index contributed by atoms with van der Waals surface area (Å²) in [5.74, 6) is 0.834. The molecule has 1 N–H and O–H groups in total. The fraction of sp³-hybridized carbons (Fsp3) is 0.522. The summed E-state index contributed by atoms with van der Waals surface area (Å²) in [5, 5.41) is 7.77. The summed E-state index contributed by atoms with van der Waals surface area (Å²) in [5.41, 5.74) is 3.53. The lowest BCUT2D eigenvalue weighted by Crippen LogP contribution is -2.57. The largest absolute Gasteiger partial charge is 0.381 e. The van der Waals surface area contributed by atoms with Crippen LogP contribution in [-0.4, -0.2) is 73.0 Å². The van der Waals surface area contributed by atoms with Gasteiger partial charge in [-0.25, -0.2) is 0 Å². The van der Waals surface area contributed by atoms with Gasteiger partial charge in [0.1, 0.15) is 6.54 Å². The number of benzene rings is 1. The van der Waals surface area contributed by atoms with Gasteiger partial charge in [0.2, 0.25) is 5.91 Å². The van der Waals surface area contributed by atoms with Crippen LogP contribution in [0.25, 0.3) is 0 Å². The van der Waals surface area contributed by atoms with Gasteiger partial charge in [-0.2, -0.15) is 5.10 Å². The lowest BCUT2D eigenvalue weighted by atomic mass is 9.72. The van der Waals surface area contributed by atoms with E-state index in [0.29, 0.717) is 13.1 Å². The zero-order valence-corrected chi connectivity index (χ0v) is 21.4. The molecule has 1 aromatic heterocycles. The Bertz CT molecular complexity index is 953. The SMILES string of the molecule is CN=C(NCC1(c2ccccc2C)CCOCC1)N1CCN(c2cnn(C)c2)C(=O)C1.I. The molecule has 3 heterocycles. The number of amides is 1. The number of nitrogens with one attached hydrogen (secondary N) is 1. The van der Waals surface area contributed by atoms with Crippen molar-refractivity contribution in [3.63, 3.8) is 0 Å². The fourth-order valence-electron chi connectivity index (χ4n) is 4.73. The summed E-state index contributed by atoms with van der Waals surface area (Å²) >= 11 is 0. The highest BCUT2D eigenvalue weighted by Gasteiger charge is 2.36. The first-order valence-corrected chi connectivity index (χ1v) is 10.9. The highest BCUT2D eigenvalue weighted by Crippen LogP contribution is 2.36. The zero-order chi connectivity index (χ0) is 21.8. The van der Waals surface area contributed by atoms with Gasteiger partial charge in [0.05, 0.1) is 11.9 Å². The lowest BCUT2D eigenvalue weighted by Gasteiger charge is -2.41. The molecule has 9 heteroatoms. The Kier molecular flexibility index (Phi) is 8.16. The predicted octanol–water partition coefficient (Wildman–Crippen LogP) is 2.32. The minimum Gasteiger partial charge on any atom is -0.381 e. The van der Waals surface area contributed by atoms with Crippen molar-refractivity contribution in [1.29, 1.82) is 0 Å². The summed E-state index contributed by atoms with van der Waals surface area (Å²) in [4.78, 5) is 21.1. The minimum atomic E-state index is 0. The van der Waals surface area contributed by atoms with E-state index >= 15 is 0 Å². The zero-order valence-electron chi connectivity index (χ0n) is 19.1. The minimum absolute atomic E-state index is 0. The number of anilines is 1. The van der Waals surface area contributed by atoms with Crippen molar-refractivity contribution in [2.45, 2.75) is 25.2 Å². The number of piperazine rings is 1. The van der Waals surface area contributed by atoms with Crippen molar-refractivity contribution in [3.8, 4) is 0 Å². The van der Waals surface area contributed by atoms with Crippen molar-refractivity contribution in [3.05, 3.63) is 47.8 Å². The number of carbonyl (C=O) groups is 1. The van der Waals surface area contributed by atoms with Gasteiger partial charge in [-0.15, -0.1) is 24.0 Å². The van der Waals surface area contributed by atoms with Crippen LogP contribution in [0.15, 0.2) is 41.7 Å². The molecule has 0 atom stereocenters. The lowest BCUT2D eigenvalue weighted by molar-refractivity contribution is -0.120. The Labute approximate surface area is 207 Å². The molecule has 1 aromatic carbocycles. The van der Waals surface area contributed by atoms with Crippen LogP contribution in [0.4, 0.5) is 5.69 Å². The Morgan fingerprint density at radius 2 is 2.00 bits per heavy atom. The third kappa shape index (κ3) is 5.09. The van der Waals surface area contributed by atoms with E-state index < -0.39 is 0 Å². The van der Waals surface area contributed by atoms with E-state index in [-0.39, 0.29) is 35.3 Å². The van der Waals surface area contributed by atoms with Crippen molar-refractivity contribution >= 4 is 41.5 Å². The molecule has 0 saturated carbocycles. The van der Waals surface area contributed by atoms with Gasteiger partial charge in [0.15, 0.2) is 5.96 Å². The number of rotatable bonds is 4. The number of guanidine groups is 1. The number of halogens is 1. The maximum Gasteiger partial charge on any atom is 0.246 e. The van der Waals surface area contributed by atoms with Crippen molar-refractivity contribution in [2.75, 3.05) is 51.3 Å². The fourth-order valence-corrected chi connectivity index (χ4v) is 4.73. The van der Waals surface area contributed by atoms with Gasteiger partial charge in [0.25, 0.3) is 0 Å². The third-order valence-electron chi connectivity index (χ3n) is 6.49. The Balaban J connectivity index is 0.00000289. The molecular formula is C23H33IN6O2. The highest BCUT2D eigenvalue weighted by molar-refractivity contribution is 14.0. The molecule has 2 aromatic rings. The average molecular weight is 552 g/mol. The molecule has 1 amide bonds. The van der Waals surface area contributed by atoms with Crippen LogP contribution in [0, 0.1) is 6.92 Å². The van der Waals surface area contributed by atoms with Crippen LogP contribution < -0.4 is 10.2 Å². The molecule has 2 fully saturated rings. The summed E-state index contributed by atoms with van der Waals surface area (Å²) in [6.45, 7) is 6.11. The summed E-state index contributed by atoms with van der Waals surface area (Å²) < 4.78 is 7.40. The van der Waals surface area contributed by atoms with E-state index in [0.717, 1.165) is 50.8 Å². The molecule has 2 aliphatic heterocycles. The quantitative estimate of drug-likeness (QED) is 0.358. The topological polar surface area (TPSA) is 75.0 Å². The maximum atomic E-state index is 12.8. The van der Waals surface area contributed by atoms with Gasteiger partial charge < -0.3 is 19.9 Å². The second-order valence-electron chi connectivity index (χ2n) is 8.45. The van der Waals surface area contributed by atoms with Crippen molar-refractivity contribution in [2.24, 2.45) is 12.0 Å². The molecule has 2 saturated heterocycles. The second kappa shape index (κ2) is 10.7. The standard InChI is InChI=1S/C23H32N6O2.HI/c1-18-6-4-5-7-20(18)23(8-12-31-13-9-23)17-25-22(24-2)28-10-11-29(21(30)16-28)19-14-26-27(3)15-19;/h4-7,14-15H,8-13,16-17H2,1-3H3,(H,24,25);1H. The van der Waals surface area contributed by atoms with Crippen LogP contribution in [0.1, 0.15) is 24.0 Å². The second-order valence-corrected chi connectivity index (χ2v) is 8.45. The van der Waals surface area contributed by atoms with E-state index in [1.54, 1.807) is 22.8 Å². The van der Waals surface area contributed by atoms with Crippen LogP contribution in [-0.2, 0) is 22.0 Å². The van der Waals surface area contributed by atoms with Gasteiger partial charge in [-0.1, -0.05) is 24.3 Å². The number of hydrogen-bond donors (Lipinski definition) is 1. The number of ether oxygens (including phenoxy) is 1. The molecule has 0 bridgehead atoms. The number of aryl methyl sites for hydroxylation is 2. The van der Waals surface area contributed by atoms with Gasteiger partial charge >= 0.3 is 0 Å². The molecule has 2 aliphatic rings. The monoisotopic (exact) mass is 552 g/mol. The first-order chi connectivity index (χ1) is 15.0. The van der Waals surface area contributed by atoms with E-state index in [2.05, 4.69) is 46.6 Å². The van der Waals surface area contributed by atoms with Gasteiger partial charge in [-0.05, 0) is 30.9 Å². The Morgan fingerprint density at radius 1 is 1.25 bits per heavy atom. The third-order valence-corrected chi connectivity index (χ3v) is 6.49. The van der Waals surface area contributed by atoms with Gasteiger partial charge in [0, 0.05) is 58.6 Å². The first-order valence-electron chi connectivity index (χ1n) is 10.9. The number of nitrogens with zero attached hydrogens (tertiary/aromatic N) is 5. The molecule has 4 rings (SSSR count). The van der Waals surface area contributed by atoms with Crippen LogP contribution in [0.2, 0.25) is 0 Å². The van der Waals surface area contributed by atoms with E-state index in [9.17, 15) is 4.79 Å². The molecule has 32 heavy (non-hydrogen) atoms. The molecule has 0 spiro atoms. The van der Waals surface area contributed by atoms with Crippen LogP contribution in [0.5, 0.6) is 0 Å².